The standard InChI is InChI=1S/C12H10N4O2/c13-7-9-1-3-10(4-2-9)15-6-5-11(14)12(8-15)16(17)18/h1-6H,8,14H2. The van der Waals surface area contributed by atoms with Crippen molar-refractivity contribution in [1.29, 1.82) is 5.26 Å². The van der Waals surface area contributed by atoms with Gasteiger partial charge >= 0.3 is 0 Å². The molecule has 0 unspecified atom stereocenters. The molecule has 90 valence electrons. The van der Waals surface area contributed by atoms with E-state index in [1.165, 1.54) is 6.08 Å². The van der Waals surface area contributed by atoms with Gasteiger partial charge in [-0.2, -0.15) is 5.26 Å². The predicted octanol–water partition coefficient (Wildman–Crippen LogP) is 1.34. The number of benzene rings is 1. The first-order valence-corrected chi connectivity index (χ1v) is 5.20. The molecule has 2 rings (SSSR count). The Kier molecular flexibility index (Phi) is 2.98. The molecule has 1 aliphatic heterocycles. The lowest BCUT2D eigenvalue weighted by atomic mass is 10.2. The number of nitrogens with zero attached hydrogens (tertiary/aromatic N) is 3. The predicted molar refractivity (Wildman–Crippen MR) is 65.9 cm³/mol. The Morgan fingerprint density at radius 1 is 1.39 bits per heavy atom. The highest BCUT2D eigenvalue weighted by Gasteiger charge is 2.22. The summed E-state index contributed by atoms with van der Waals surface area (Å²) in [5.41, 5.74) is 7.01. The first-order valence-electron chi connectivity index (χ1n) is 5.20. The molecule has 18 heavy (non-hydrogen) atoms. The lowest BCUT2D eigenvalue weighted by molar-refractivity contribution is -0.426. The second kappa shape index (κ2) is 4.59. The molecule has 2 N–H and O–H groups in total. The minimum Gasteiger partial charge on any atom is -0.393 e. The van der Waals surface area contributed by atoms with E-state index in [2.05, 4.69) is 0 Å². The average Bonchev–Trinajstić information content (AvgIpc) is 2.39. The Balaban J connectivity index is 2.25. The van der Waals surface area contributed by atoms with Crippen LogP contribution in [0.15, 0.2) is 47.9 Å². The molecule has 0 spiro atoms. The van der Waals surface area contributed by atoms with Gasteiger partial charge in [0.25, 0.3) is 5.70 Å². The molecule has 0 amide bonds. The third-order valence-electron chi connectivity index (χ3n) is 2.64. The first-order chi connectivity index (χ1) is 8.61. The van der Waals surface area contributed by atoms with E-state index >= 15 is 0 Å². The second-order valence-corrected chi connectivity index (χ2v) is 3.76. The Bertz CT molecular complexity index is 581. The van der Waals surface area contributed by atoms with Crippen LogP contribution >= 0.6 is 0 Å². The summed E-state index contributed by atoms with van der Waals surface area (Å²) in [5.74, 6) is 0. The smallest absolute Gasteiger partial charge is 0.288 e. The summed E-state index contributed by atoms with van der Waals surface area (Å²) in [7, 11) is 0. The monoisotopic (exact) mass is 242 g/mol. The SMILES string of the molecule is N#Cc1ccc(N2C=CC(N)=C([N+](=O)[O-])C2)cc1. The lowest BCUT2D eigenvalue weighted by Crippen LogP contribution is -2.28. The fraction of sp³-hybridized carbons (Fsp3) is 0.0833. The summed E-state index contributed by atoms with van der Waals surface area (Å²) in [5, 5.41) is 19.5. The van der Waals surface area contributed by atoms with Crippen molar-refractivity contribution >= 4 is 5.69 Å². The van der Waals surface area contributed by atoms with Crippen LogP contribution in [0.2, 0.25) is 0 Å². The number of anilines is 1. The van der Waals surface area contributed by atoms with E-state index in [-0.39, 0.29) is 17.9 Å². The van der Waals surface area contributed by atoms with Crippen molar-refractivity contribution in [2.24, 2.45) is 5.73 Å². The van der Waals surface area contributed by atoms with Crippen LogP contribution in [0.4, 0.5) is 5.69 Å². The van der Waals surface area contributed by atoms with Crippen molar-refractivity contribution in [3.05, 3.63) is 63.6 Å². The highest BCUT2D eigenvalue weighted by molar-refractivity contribution is 5.54. The molecule has 1 aromatic carbocycles. The molecule has 0 bridgehead atoms. The summed E-state index contributed by atoms with van der Waals surface area (Å²) in [4.78, 5) is 12.0. The van der Waals surface area contributed by atoms with Crippen LogP contribution in [0.25, 0.3) is 0 Å². The molecular formula is C12H10N4O2. The van der Waals surface area contributed by atoms with Gasteiger partial charge in [-0.05, 0) is 30.3 Å². The van der Waals surface area contributed by atoms with E-state index in [1.54, 1.807) is 35.4 Å². The normalized spacial score (nSPS) is 14.5. The molecule has 0 saturated carbocycles. The minimum absolute atomic E-state index is 0.0261. The summed E-state index contributed by atoms with van der Waals surface area (Å²) in [6.07, 6.45) is 3.18. The molecule has 1 aromatic rings. The molecule has 0 atom stereocenters. The van der Waals surface area contributed by atoms with E-state index < -0.39 is 4.92 Å². The maximum atomic E-state index is 10.8. The molecule has 0 aliphatic carbocycles. The van der Waals surface area contributed by atoms with Gasteiger partial charge in [-0.1, -0.05) is 0 Å². The largest absolute Gasteiger partial charge is 0.393 e. The van der Waals surface area contributed by atoms with Crippen molar-refractivity contribution in [3.8, 4) is 6.07 Å². The maximum absolute atomic E-state index is 10.8. The average molecular weight is 242 g/mol. The van der Waals surface area contributed by atoms with Gasteiger partial charge in [0.1, 0.15) is 12.2 Å². The van der Waals surface area contributed by atoms with Crippen LogP contribution in [-0.2, 0) is 0 Å². The van der Waals surface area contributed by atoms with Crippen LogP contribution in [0.1, 0.15) is 5.56 Å². The van der Waals surface area contributed by atoms with Crippen LogP contribution in [0, 0.1) is 21.4 Å². The second-order valence-electron chi connectivity index (χ2n) is 3.76. The Morgan fingerprint density at radius 3 is 2.61 bits per heavy atom. The van der Waals surface area contributed by atoms with Gasteiger partial charge in [-0.15, -0.1) is 0 Å². The third-order valence-corrected chi connectivity index (χ3v) is 2.64. The highest BCUT2D eigenvalue weighted by atomic mass is 16.6. The van der Waals surface area contributed by atoms with E-state index in [0.29, 0.717) is 5.56 Å². The quantitative estimate of drug-likeness (QED) is 0.623. The van der Waals surface area contributed by atoms with Gasteiger partial charge in [0.05, 0.1) is 16.6 Å². The summed E-state index contributed by atoms with van der Waals surface area (Å²) in [6, 6.07) is 8.82. The summed E-state index contributed by atoms with van der Waals surface area (Å²) < 4.78 is 0. The Labute approximate surface area is 103 Å². The number of allylic oxidation sites excluding steroid dienone is 1. The fourth-order valence-electron chi connectivity index (χ4n) is 1.64. The van der Waals surface area contributed by atoms with Gasteiger partial charge in [-0.3, -0.25) is 10.1 Å². The Hall–Kier alpha value is -2.81. The Morgan fingerprint density at radius 2 is 2.06 bits per heavy atom. The molecule has 0 fully saturated rings. The maximum Gasteiger partial charge on any atom is 0.288 e. The van der Waals surface area contributed by atoms with Crippen molar-refractivity contribution in [3.63, 3.8) is 0 Å². The van der Waals surface area contributed by atoms with Crippen LogP contribution < -0.4 is 10.6 Å². The van der Waals surface area contributed by atoms with E-state index in [4.69, 9.17) is 11.0 Å². The summed E-state index contributed by atoms with van der Waals surface area (Å²) in [6.45, 7) is 0.112. The van der Waals surface area contributed by atoms with Gasteiger partial charge in [-0.25, -0.2) is 0 Å². The molecule has 0 saturated heterocycles. The summed E-state index contributed by atoms with van der Waals surface area (Å²) >= 11 is 0. The van der Waals surface area contributed by atoms with Gasteiger partial charge in [0.15, 0.2) is 0 Å². The van der Waals surface area contributed by atoms with Gasteiger partial charge in [0.2, 0.25) is 0 Å². The highest BCUT2D eigenvalue weighted by Crippen LogP contribution is 2.21. The third kappa shape index (κ3) is 2.15. The molecule has 6 heteroatoms. The van der Waals surface area contributed by atoms with Gasteiger partial charge in [0, 0.05) is 11.9 Å². The molecule has 1 heterocycles. The minimum atomic E-state index is -0.477. The lowest BCUT2D eigenvalue weighted by Gasteiger charge is -2.22. The number of hydrogen-bond donors (Lipinski definition) is 1. The molecule has 6 nitrogen and oxygen atoms in total. The number of rotatable bonds is 2. The number of nitro groups is 1. The van der Waals surface area contributed by atoms with E-state index in [0.717, 1.165) is 5.69 Å². The number of nitrogens with two attached hydrogens (primary N) is 1. The zero-order valence-electron chi connectivity index (χ0n) is 9.41. The number of nitriles is 1. The van der Waals surface area contributed by atoms with Gasteiger partial charge < -0.3 is 10.6 Å². The fourth-order valence-corrected chi connectivity index (χ4v) is 1.64. The van der Waals surface area contributed by atoms with E-state index in [1.807, 2.05) is 6.07 Å². The van der Waals surface area contributed by atoms with Crippen LogP contribution in [0.5, 0.6) is 0 Å². The zero-order valence-corrected chi connectivity index (χ0v) is 9.41. The van der Waals surface area contributed by atoms with E-state index in [9.17, 15) is 10.1 Å². The van der Waals surface area contributed by atoms with Crippen molar-refractivity contribution in [2.45, 2.75) is 0 Å². The van der Waals surface area contributed by atoms with Crippen LogP contribution in [-0.4, -0.2) is 11.5 Å². The molecule has 0 aromatic heterocycles. The molecular weight excluding hydrogens is 232 g/mol. The molecule has 0 radical (unpaired) electrons. The number of hydrogen-bond acceptors (Lipinski definition) is 5. The molecule has 1 aliphatic rings. The van der Waals surface area contributed by atoms with Crippen molar-refractivity contribution < 1.29 is 4.92 Å². The first kappa shape index (κ1) is 11.7. The van der Waals surface area contributed by atoms with Crippen molar-refractivity contribution in [2.75, 3.05) is 11.4 Å². The zero-order chi connectivity index (χ0) is 13.1. The van der Waals surface area contributed by atoms with Crippen LogP contribution in [0.3, 0.4) is 0 Å². The van der Waals surface area contributed by atoms with Crippen molar-refractivity contribution in [1.82, 2.24) is 0 Å². The topological polar surface area (TPSA) is 96.2 Å².